The van der Waals surface area contributed by atoms with E-state index in [-0.39, 0.29) is 11.6 Å². The number of carbonyl (C=O) groups excluding carboxylic acids is 1. The molecule has 0 amide bonds. The van der Waals surface area contributed by atoms with E-state index in [0.717, 1.165) is 23.1 Å². The summed E-state index contributed by atoms with van der Waals surface area (Å²) in [7, 11) is 0. The Morgan fingerprint density at radius 1 is 1.29 bits per heavy atom. The predicted molar refractivity (Wildman–Crippen MR) is 129 cm³/mol. The van der Waals surface area contributed by atoms with E-state index in [1.165, 1.54) is 31.8 Å². The number of aliphatic carboxylic acids is 1. The van der Waals surface area contributed by atoms with Crippen LogP contribution < -0.4 is 10.6 Å². The molecule has 0 spiro atoms. The highest BCUT2D eigenvalue weighted by Crippen LogP contribution is 2.30. The molecule has 1 aliphatic carbocycles. The number of hydrogen-bond donors (Lipinski definition) is 4. The molecule has 0 bridgehead atoms. The molecule has 0 radical (unpaired) electrons. The van der Waals surface area contributed by atoms with Crippen LogP contribution in [0.5, 0.6) is 0 Å². The lowest BCUT2D eigenvalue weighted by Crippen LogP contribution is -2.25. The van der Waals surface area contributed by atoms with Gasteiger partial charge in [-0.3, -0.25) is 4.79 Å². The number of carboxylic acids is 1. The van der Waals surface area contributed by atoms with E-state index in [4.69, 9.17) is 4.74 Å². The molecule has 1 fully saturated rings. The van der Waals surface area contributed by atoms with E-state index in [9.17, 15) is 14.7 Å². The third-order valence-electron chi connectivity index (χ3n) is 6.36. The number of ether oxygens (including phenoxy) is 1. The van der Waals surface area contributed by atoms with Crippen LogP contribution in [0.25, 0.3) is 17.1 Å². The molecule has 1 aromatic carbocycles. The Balaban J connectivity index is 1.36. The Labute approximate surface area is 196 Å². The van der Waals surface area contributed by atoms with E-state index < -0.39 is 17.3 Å². The summed E-state index contributed by atoms with van der Waals surface area (Å²) < 4.78 is 5.73. The van der Waals surface area contributed by atoms with Crippen LogP contribution in [0, 0.1) is 6.92 Å². The normalized spacial score (nSPS) is 17.7. The number of nitrogens with zero attached hydrogens (tertiary/aromatic N) is 1. The number of Topliss-reactive ketones (excluding diaryl/α,β-unsaturated/α-hetero) is 1. The van der Waals surface area contributed by atoms with E-state index in [1.54, 1.807) is 18.5 Å². The van der Waals surface area contributed by atoms with Gasteiger partial charge in [0.2, 0.25) is 11.7 Å². The Morgan fingerprint density at radius 3 is 2.88 bits per heavy atom. The quantitative estimate of drug-likeness (QED) is 0.309. The summed E-state index contributed by atoms with van der Waals surface area (Å²) in [5.74, 6) is -2.16. The van der Waals surface area contributed by atoms with Crippen LogP contribution in [0.2, 0.25) is 0 Å². The maximum atomic E-state index is 12.9. The first-order valence-corrected chi connectivity index (χ1v) is 11.4. The van der Waals surface area contributed by atoms with Crippen LogP contribution in [-0.2, 0) is 20.9 Å². The van der Waals surface area contributed by atoms with Crippen LogP contribution in [0.1, 0.15) is 42.4 Å². The first-order chi connectivity index (χ1) is 16.5. The van der Waals surface area contributed by atoms with Crippen molar-refractivity contribution in [2.75, 3.05) is 5.32 Å². The summed E-state index contributed by atoms with van der Waals surface area (Å²) in [6.07, 6.45) is 9.92. The van der Waals surface area contributed by atoms with Crippen molar-refractivity contribution in [3.8, 4) is 0 Å². The van der Waals surface area contributed by atoms with Gasteiger partial charge >= 0.3 is 5.97 Å². The van der Waals surface area contributed by atoms with Crippen LogP contribution >= 0.6 is 0 Å². The number of H-pyrrole nitrogens is 1. The van der Waals surface area contributed by atoms with Gasteiger partial charge in [-0.15, -0.1) is 0 Å². The van der Waals surface area contributed by atoms with Gasteiger partial charge in [0, 0.05) is 41.6 Å². The van der Waals surface area contributed by atoms with Crippen molar-refractivity contribution in [2.24, 2.45) is 0 Å². The van der Waals surface area contributed by atoms with Gasteiger partial charge in [-0.05, 0) is 55.2 Å². The highest BCUT2D eigenvalue weighted by Gasteiger charge is 2.36. The summed E-state index contributed by atoms with van der Waals surface area (Å²) in [4.78, 5) is 32.0. The van der Waals surface area contributed by atoms with Gasteiger partial charge in [0.05, 0.1) is 0 Å². The van der Waals surface area contributed by atoms with Gasteiger partial charge in [0.15, 0.2) is 11.3 Å². The molecule has 1 saturated carbocycles. The number of rotatable bonds is 7. The number of aromatic nitrogens is 2. The maximum Gasteiger partial charge on any atom is 0.345 e. The van der Waals surface area contributed by atoms with Crippen LogP contribution in [0.3, 0.4) is 0 Å². The van der Waals surface area contributed by atoms with Gasteiger partial charge in [-0.1, -0.05) is 25.0 Å². The fourth-order valence-electron chi connectivity index (χ4n) is 4.54. The summed E-state index contributed by atoms with van der Waals surface area (Å²) in [5, 5.41) is 17.1. The monoisotopic (exact) mass is 458 g/mol. The lowest BCUT2D eigenvalue weighted by atomic mass is 10.1. The second-order valence-electron chi connectivity index (χ2n) is 8.73. The Bertz CT molecular complexity index is 1330. The molecular weight excluding hydrogens is 432 g/mol. The molecule has 0 unspecified atom stereocenters. The average Bonchev–Trinajstić information content (AvgIpc) is 3.55. The topological polar surface area (TPSA) is 116 Å². The van der Waals surface area contributed by atoms with Crippen molar-refractivity contribution in [3.05, 3.63) is 76.6 Å². The molecule has 5 rings (SSSR count). The van der Waals surface area contributed by atoms with Crippen LogP contribution in [0.15, 0.2) is 59.9 Å². The fourth-order valence-corrected chi connectivity index (χ4v) is 4.54. The van der Waals surface area contributed by atoms with Crippen molar-refractivity contribution in [1.29, 1.82) is 0 Å². The van der Waals surface area contributed by atoms with E-state index >= 15 is 0 Å². The van der Waals surface area contributed by atoms with Crippen LogP contribution in [-0.4, -0.2) is 32.9 Å². The zero-order valence-electron chi connectivity index (χ0n) is 18.9. The first kappa shape index (κ1) is 21.9. The SMILES string of the molecule is Cc1cc(CNC2CCCC2)ccc1NC1=C(C(=O)O)C(=O)/C(=C/c2c[nH]c3ncccc23)O1. The summed E-state index contributed by atoms with van der Waals surface area (Å²) >= 11 is 0. The third-order valence-corrected chi connectivity index (χ3v) is 6.36. The number of benzene rings is 1. The number of aryl methyl sites for hydroxylation is 1. The number of aromatic amines is 1. The van der Waals surface area contributed by atoms with Crippen molar-refractivity contribution in [3.63, 3.8) is 0 Å². The molecule has 0 atom stereocenters. The number of carbonyl (C=O) groups is 2. The summed E-state index contributed by atoms with van der Waals surface area (Å²) in [5.41, 5.74) is 3.70. The number of hydrogen-bond acceptors (Lipinski definition) is 6. The van der Waals surface area contributed by atoms with E-state index in [1.807, 2.05) is 25.1 Å². The maximum absolute atomic E-state index is 12.9. The second kappa shape index (κ2) is 9.15. The van der Waals surface area contributed by atoms with Crippen molar-refractivity contribution < 1.29 is 19.4 Å². The number of allylic oxidation sites excluding steroid dienone is 1. The zero-order chi connectivity index (χ0) is 23.7. The number of fused-ring (bicyclic) bond motifs is 1. The first-order valence-electron chi connectivity index (χ1n) is 11.4. The number of pyridine rings is 1. The molecule has 2 aliphatic rings. The van der Waals surface area contributed by atoms with Gasteiger partial charge in [-0.2, -0.15) is 0 Å². The predicted octanol–water partition coefficient (Wildman–Crippen LogP) is 4.25. The molecular formula is C26H26N4O4. The highest BCUT2D eigenvalue weighted by molar-refractivity contribution is 6.26. The average molecular weight is 459 g/mol. The number of ketones is 1. The number of nitrogens with one attached hydrogen (secondary N) is 3. The summed E-state index contributed by atoms with van der Waals surface area (Å²) in [6.45, 7) is 2.73. The second-order valence-corrected chi connectivity index (χ2v) is 8.73. The Kier molecular flexibility index (Phi) is 5.90. The van der Waals surface area contributed by atoms with Crippen molar-refractivity contribution in [2.45, 2.75) is 45.2 Å². The van der Waals surface area contributed by atoms with Crippen molar-refractivity contribution in [1.82, 2.24) is 15.3 Å². The zero-order valence-corrected chi connectivity index (χ0v) is 18.9. The molecule has 3 heterocycles. The highest BCUT2D eigenvalue weighted by atomic mass is 16.5. The summed E-state index contributed by atoms with van der Waals surface area (Å²) in [6, 6.07) is 10.2. The molecule has 1 aliphatic heterocycles. The minimum atomic E-state index is -1.34. The molecule has 0 saturated heterocycles. The fraction of sp³-hybridized carbons (Fsp3) is 0.269. The van der Waals surface area contributed by atoms with E-state index in [2.05, 4.69) is 26.7 Å². The largest absolute Gasteiger partial charge is 0.477 e. The van der Waals surface area contributed by atoms with Gasteiger partial charge in [0.1, 0.15) is 5.65 Å². The van der Waals surface area contributed by atoms with Crippen molar-refractivity contribution >= 4 is 34.5 Å². The molecule has 3 aromatic rings. The standard InChI is InChI=1S/C26H26N4O4/c1-15-11-16(13-28-18-5-2-3-6-18)8-9-20(15)30-25-22(26(32)33)23(31)21(34-25)12-17-14-29-24-19(17)7-4-10-27-24/h4,7-12,14,18,28,30H,2-3,5-6,13H2,1H3,(H,27,29)(H,32,33)/b21-12-. The van der Waals surface area contributed by atoms with Gasteiger partial charge in [-0.25, -0.2) is 9.78 Å². The molecule has 8 heteroatoms. The minimum Gasteiger partial charge on any atom is -0.477 e. The Hall–Kier alpha value is -3.91. The minimum absolute atomic E-state index is 0.0558. The third kappa shape index (κ3) is 4.32. The lowest BCUT2D eigenvalue weighted by molar-refractivity contribution is -0.134. The van der Waals surface area contributed by atoms with Gasteiger partial charge in [0.25, 0.3) is 0 Å². The molecule has 4 N–H and O–H groups in total. The molecule has 174 valence electrons. The molecule has 2 aromatic heterocycles. The number of anilines is 1. The van der Waals surface area contributed by atoms with Gasteiger partial charge < -0.3 is 25.5 Å². The van der Waals surface area contributed by atoms with Crippen LogP contribution in [0.4, 0.5) is 5.69 Å². The van der Waals surface area contributed by atoms with E-state index in [0.29, 0.717) is 22.9 Å². The Morgan fingerprint density at radius 2 is 2.12 bits per heavy atom. The number of carboxylic acid groups (broad SMARTS) is 1. The molecule has 8 nitrogen and oxygen atoms in total. The smallest absolute Gasteiger partial charge is 0.345 e. The molecule has 34 heavy (non-hydrogen) atoms. The lowest BCUT2D eigenvalue weighted by Gasteiger charge is -2.14.